The normalized spacial score (nSPS) is 14.2. The van der Waals surface area contributed by atoms with Crippen molar-refractivity contribution in [1.29, 1.82) is 0 Å². The van der Waals surface area contributed by atoms with Gasteiger partial charge < -0.3 is 10.2 Å². The molecule has 1 saturated heterocycles. The van der Waals surface area contributed by atoms with Gasteiger partial charge in [-0.15, -0.1) is 11.3 Å². The van der Waals surface area contributed by atoms with Crippen LogP contribution >= 0.6 is 11.3 Å². The summed E-state index contributed by atoms with van der Waals surface area (Å²) >= 11 is 1.45. The van der Waals surface area contributed by atoms with Gasteiger partial charge >= 0.3 is 0 Å². The van der Waals surface area contributed by atoms with Crippen molar-refractivity contribution in [1.82, 2.24) is 14.7 Å². The van der Waals surface area contributed by atoms with Crippen molar-refractivity contribution < 1.29 is 9.59 Å². The Morgan fingerprint density at radius 1 is 0.909 bits per heavy atom. The number of benzene rings is 2. The standard InChI is InChI=1S/C26H24N4O2S/c31-25(20-13-15-29(16-14-20)26(32)23-12-7-17-33-23)27-24-18-22(19-8-3-1-4-9-19)28-30(24)21-10-5-2-6-11-21/h1-12,17-18,20H,13-16H2,(H,27,31). The monoisotopic (exact) mass is 456 g/mol. The molecule has 0 saturated carbocycles. The summed E-state index contributed by atoms with van der Waals surface area (Å²) in [6.07, 6.45) is 1.29. The molecule has 1 fully saturated rings. The molecule has 1 aliphatic rings. The van der Waals surface area contributed by atoms with Crippen molar-refractivity contribution in [2.24, 2.45) is 5.92 Å². The number of piperidine rings is 1. The Bertz CT molecular complexity index is 1230. The van der Waals surface area contributed by atoms with Crippen LogP contribution in [-0.4, -0.2) is 39.6 Å². The fourth-order valence-electron chi connectivity index (χ4n) is 4.12. The highest BCUT2D eigenvalue weighted by molar-refractivity contribution is 7.12. The van der Waals surface area contributed by atoms with E-state index in [1.54, 1.807) is 4.68 Å². The maximum absolute atomic E-state index is 13.1. The average Bonchev–Trinajstić information content (AvgIpc) is 3.56. The van der Waals surface area contributed by atoms with Crippen LogP contribution < -0.4 is 5.32 Å². The quantitative estimate of drug-likeness (QED) is 0.455. The Kier molecular flexibility index (Phi) is 6.04. The number of hydrogen-bond donors (Lipinski definition) is 1. The SMILES string of the molecule is O=C(Nc1cc(-c2ccccc2)nn1-c1ccccc1)C1CCN(C(=O)c2cccs2)CC1. The molecule has 1 aliphatic heterocycles. The zero-order valence-electron chi connectivity index (χ0n) is 18.1. The molecule has 0 aliphatic carbocycles. The van der Waals surface area contributed by atoms with Crippen molar-refractivity contribution in [3.63, 3.8) is 0 Å². The predicted molar refractivity (Wildman–Crippen MR) is 131 cm³/mol. The van der Waals surface area contributed by atoms with Crippen LogP contribution in [0.4, 0.5) is 5.82 Å². The van der Waals surface area contributed by atoms with Gasteiger partial charge in [0.1, 0.15) is 5.82 Å². The lowest BCUT2D eigenvalue weighted by molar-refractivity contribution is -0.121. The number of anilines is 1. The topological polar surface area (TPSA) is 67.2 Å². The molecule has 0 unspecified atom stereocenters. The van der Waals surface area contributed by atoms with E-state index >= 15 is 0 Å². The number of nitrogens with one attached hydrogen (secondary N) is 1. The molecule has 0 bridgehead atoms. The third-order valence-electron chi connectivity index (χ3n) is 5.92. The molecule has 5 rings (SSSR count). The smallest absolute Gasteiger partial charge is 0.263 e. The highest BCUT2D eigenvalue weighted by Crippen LogP contribution is 2.27. The Labute approximate surface area is 196 Å². The molecule has 6 nitrogen and oxygen atoms in total. The third-order valence-corrected chi connectivity index (χ3v) is 6.77. The van der Waals surface area contributed by atoms with E-state index in [4.69, 9.17) is 5.10 Å². The van der Waals surface area contributed by atoms with Gasteiger partial charge in [-0.25, -0.2) is 4.68 Å². The second kappa shape index (κ2) is 9.42. The van der Waals surface area contributed by atoms with E-state index in [1.165, 1.54) is 11.3 Å². The zero-order valence-corrected chi connectivity index (χ0v) is 18.9. The number of para-hydroxylation sites is 1. The number of thiophene rings is 1. The minimum Gasteiger partial charge on any atom is -0.338 e. The summed E-state index contributed by atoms with van der Waals surface area (Å²) < 4.78 is 1.77. The van der Waals surface area contributed by atoms with Gasteiger partial charge in [-0.05, 0) is 36.4 Å². The van der Waals surface area contributed by atoms with Crippen molar-refractivity contribution >= 4 is 29.0 Å². The molecule has 2 aromatic carbocycles. The van der Waals surface area contributed by atoms with Crippen LogP contribution in [0.15, 0.2) is 84.2 Å². The van der Waals surface area contributed by atoms with Gasteiger partial charge in [0.2, 0.25) is 5.91 Å². The third kappa shape index (κ3) is 4.59. The maximum atomic E-state index is 13.1. The minimum absolute atomic E-state index is 0.0325. The van der Waals surface area contributed by atoms with Gasteiger partial charge in [0.05, 0.1) is 16.3 Å². The highest BCUT2D eigenvalue weighted by atomic mass is 32.1. The summed E-state index contributed by atoms with van der Waals surface area (Å²) in [5, 5.41) is 9.77. The van der Waals surface area contributed by atoms with Crippen LogP contribution in [0.2, 0.25) is 0 Å². The van der Waals surface area contributed by atoms with Gasteiger partial charge in [-0.3, -0.25) is 9.59 Å². The van der Waals surface area contributed by atoms with Crippen LogP contribution in [0, 0.1) is 5.92 Å². The van der Waals surface area contributed by atoms with E-state index in [0.717, 1.165) is 21.8 Å². The number of likely N-dealkylation sites (tertiary alicyclic amines) is 1. The second-order valence-corrected chi connectivity index (χ2v) is 9.01. The molecule has 3 heterocycles. The zero-order chi connectivity index (χ0) is 22.6. The molecule has 0 spiro atoms. The minimum atomic E-state index is -0.142. The molecule has 33 heavy (non-hydrogen) atoms. The predicted octanol–water partition coefficient (Wildman–Crippen LogP) is 5.09. The molecule has 0 radical (unpaired) electrons. The summed E-state index contributed by atoms with van der Waals surface area (Å²) in [5.41, 5.74) is 2.67. The summed E-state index contributed by atoms with van der Waals surface area (Å²) in [6.45, 7) is 1.17. The van der Waals surface area contributed by atoms with Gasteiger partial charge in [0.15, 0.2) is 0 Å². The lowest BCUT2D eigenvalue weighted by Crippen LogP contribution is -2.41. The van der Waals surface area contributed by atoms with Crippen LogP contribution in [0.3, 0.4) is 0 Å². The Balaban J connectivity index is 1.32. The number of amides is 2. The first-order valence-electron chi connectivity index (χ1n) is 11.0. The molecule has 7 heteroatoms. The number of aromatic nitrogens is 2. The van der Waals surface area contributed by atoms with Crippen LogP contribution in [0.25, 0.3) is 16.9 Å². The van der Waals surface area contributed by atoms with Crippen molar-refractivity contribution in [2.75, 3.05) is 18.4 Å². The molecule has 0 atom stereocenters. The highest BCUT2D eigenvalue weighted by Gasteiger charge is 2.29. The number of carbonyl (C=O) groups is 2. The molecular formula is C26H24N4O2S. The molecule has 1 N–H and O–H groups in total. The van der Waals surface area contributed by atoms with E-state index in [9.17, 15) is 9.59 Å². The Hall–Kier alpha value is -3.71. The largest absolute Gasteiger partial charge is 0.338 e. The Morgan fingerprint density at radius 2 is 1.61 bits per heavy atom. The number of nitrogens with zero attached hydrogens (tertiary/aromatic N) is 3. The van der Waals surface area contributed by atoms with Crippen molar-refractivity contribution in [2.45, 2.75) is 12.8 Å². The lowest BCUT2D eigenvalue weighted by Gasteiger charge is -2.31. The molecule has 166 valence electrons. The molecule has 2 aromatic heterocycles. The molecule has 2 amide bonds. The van der Waals surface area contributed by atoms with Crippen LogP contribution in [0.1, 0.15) is 22.5 Å². The lowest BCUT2D eigenvalue weighted by atomic mass is 9.96. The van der Waals surface area contributed by atoms with Gasteiger partial charge in [-0.2, -0.15) is 5.10 Å². The fraction of sp³-hybridized carbons (Fsp3) is 0.192. The van der Waals surface area contributed by atoms with Crippen LogP contribution in [0.5, 0.6) is 0 Å². The van der Waals surface area contributed by atoms with E-state index < -0.39 is 0 Å². The Morgan fingerprint density at radius 3 is 2.27 bits per heavy atom. The van der Waals surface area contributed by atoms with E-state index in [-0.39, 0.29) is 17.7 Å². The van der Waals surface area contributed by atoms with E-state index in [1.807, 2.05) is 89.1 Å². The van der Waals surface area contributed by atoms with E-state index in [0.29, 0.717) is 31.7 Å². The van der Waals surface area contributed by atoms with Crippen LogP contribution in [-0.2, 0) is 4.79 Å². The van der Waals surface area contributed by atoms with Crippen molar-refractivity contribution in [3.05, 3.63) is 89.1 Å². The fourth-order valence-corrected chi connectivity index (χ4v) is 4.81. The number of rotatable bonds is 5. The summed E-state index contributed by atoms with van der Waals surface area (Å²) in [5.74, 6) is 0.521. The number of carbonyl (C=O) groups excluding carboxylic acids is 2. The van der Waals surface area contributed by atoms with Crippen molar-refractivity contribution in [3.8, 4) is 16.9 Å². The second-order valence-electron chi connectivity index (χ2n) is 8.06. The molecule has 4 aromatic rings. The summed E-state index contributed by atoms with van der Waals surface area (Å²) in [4.78, 5) is 28.3. The summed E-state index contributed by atoms with van der Waals surface area (Å²) in [7, 11) is 0. The molecular weight excluding hydrogens is 432 g/mol. The van der Waals surface area contributed by atoms with E-state index in [2.05, 4.69) is 5.32 Å². The number of hydrogen-bond acceptors (Lipinski definition) is 4. The first kappa shape index (κ1) is 21.2. The van der Waals surface area contributed by atoms with Gasteiger partial charge in [0.25, 0.3) is 5.91 Å². The average molecular weight is 457 g/mol. The first-order chi connectivity index (χ1) is 16.2. The first-order valence-corrected chi connectivity index (χ1v) is 11.9. The summed E-state index contributed by atoms with van der Waals surface area (Å²) in [6, 6.07) is 25.3. The maximum Gasteiger partial charge on any atom is 0.263 e. The van der Waals surface area contributed by atoms with Gasteiger partial charge in [0, 0.05) is 30.6 Å². The van der Waals surface area contributed by atoms with Gasteiger partial charge in [-0.1, -0.05) is 54.6 Å².